The van der Waals surface area contributed by atoms with Gasteiger partial charge in [0.2, 0.25) is 0 Å². The van der Waals surface area contributed by atoms with Crippen LogP contribution in [0.15, 0.2) is 12.1 Å². The fourth-order valence-electron chi connectivity index (χ4n) is 2.79. The van der Waals surface area contributed by atoms with Crippen LogP contribution in [0.4, 0.5) is 0 Å². The van der Waals surface area contributed by atoms with Gasteiger partial charge >= 0.3 is 0 Å². The van der Waals surface area contributed by atoms with Crippen molar-refractivity contribution in [2.24, 2.45) is 0 Å². The van der Waals surface area contributed by atoms with Crippen LogP contribution < -0.4 is 15.0 Å². The zero-order chi connectivity index (χ0) is 14.1. The molecule has 0 amide bonds. The van der Waals surface area contributed by atoms with Crippen molar-refractivity contribution in [3.63, 3.8) is 0 Å². The zero-order valence-electron chi connectivity index (χ0n) is 11.9. The fraction of sp³-hybridized carbons (Fsp3) is 0.467. The molecule has 5 nitrogen and oxygen atoms in total. The van der Waals surface area contributed by atoms with E-state index < -0.39 is 0 Å². The number of hydrogen-bond acceptors (Lipinski definition) is 4. The molecular weight excluding hydrogens is 254 g/mol. The Morgan fingerprint density at radius 3 is 2.60 bits per heavy atom. The molecular formula is C15H19N3O2. The van der Waals surface area contributed by atoms with Gasteiger partial charge < -0.3 is 14.0 Å². The molecule has 1 aromatic carbocycles. The SMILES string of the molecule is COc1cc2nc3n(c(=N)c2cc1OC)CCCCC3. The summed E-state index contributed by atoms with van der Waals surface area (Å²) in [5.74, 6) is 2.31. The maximum Gasteiger partial charge on any atom is 0.162 e. The third kappa shape index (κ3) is 2.03. The van der Waals surface area contributed by atoms with Crippen molar-refractivity contribution in [3.8, 4) is 11.5 Å². The van der Waals surface area contributed by atoms with Gasteiger partial charge in [0.05, 0.1) is 19.7 Å². The number of nitrogens with one attached hydrogen (secondary N) is 1. The quantitative estimate of drug-likeness (QED) is 0.913. The summed E-state index contributed by atoms with van der Waals surface area (Å²) >= 11 is 0. The smallest absolute Gasteiger partial charge is 0.162 e. The van der Waals surface area contributed by atoms with E-state index in [2.05, 4.69) is 0 Å². The van der Waals surface area contributed by atoms with Gasteiger partial charge in [0.25, 0.3) is 0 Å². The van der Waals surface area contributed by atoms with E-state index in [0.717, 1.165) is 42.5 Å². The van der Waals surface area contributed by atoms with Gasteiger partial charge in [-0.3, -0.25) is 5.41 Å². The minimum Gasteiger partial charge on any atom is -0.493 e. The van der Waals surface area contributed by atoms with E-state index in [1.54, 1.807) is 14.2 Å². The molecule has 1 aromatic heterocycles. The van der Waals surface area contributed by atoms with Crippen LogP contribution in [0.3, 0.4) is 0 Å². The molecule has 106 valence electrons. The molecule has 5 heteroatoms. The van der Waals surface area contributed by atoms with Crippen molar-refractivity contribution in [2.75, 3.05) is 14.2 Å². The van der Waals surface area contributed by atoms with Crippen molar-refractivity contribution in [1.29, 1.82) is 5.41 Å². The molecule has 0 saturated heterocycles. The van der Waals surface area contributed by atoms with Gasteiger partial charge in [-0.25, -0.2) is 4.98 Å². The van der Waals surface area contributed by atoms with Crippen LogP contribution >= 0.6 is 0 Å². The largest absolute Gasteiger partial charge is 0.493 e. The molecule has 0 saturated carbocycles. The van der Waals surface area contributed by atoms with Gasteiger partial charge in [0, 0.05) is 24.4 Å². The van der Waals surface area contributed by atoms with Crippen molar-refractivity contribution >= 4 is 10.9 Å². The molecule has 2 aromatic rings. The summed E-state index contributed by atoms with van der Waals surface area (Å²) in [7, 11) is 3.22. The molecule has 0 aliphatic carbocycles. The van der Waals surface area contributed by atoms with E-state index in [4.69, 9.17) is 19.9 Å². The third-order valence-electron chi connectivity index (χ3n) is 3.87. The average Bonchev–Trinajstić information content (AvgIpc) is 2.71. The molecule has 0 unspecified atom stereocenters. The minimum atomic E-state index is 0.521. The predicted octanol–water partition coefficient (Wildman–Crippen LogP) is 2.26. The molecule has 1 aliphatic rings. The number of ether oxygens (including phenoxy) is 2. The van der Waals surface area contributed by atoms with E-state index >= 15 is 0 Å². The lowest BCUT2D eigenvalue weighted by Gasteiger charge is -2.14. The molecule has 3 rings (SSSR count). The minimum absolute atomic E-state index is 0.521. The Bertz CT molecular complexity index is 706. The van der Waals surface area contributed by atoms with Gasteiger partial charge in [-0.15, -0.1) is 0 Å². The zero-order valence-corrected chi connectivity index (χ0v) is 11.9. The topological polar surface area (TPSA) is 60.1 Å². The van der Waals surface area contributed by atoms with Crippen LogP contribution in [-0.2, 0) is 13.0 Å². The van der Waals surface area contributed by atoms with Crippen LogP contribution in [0.5, 0.6) is 11.5 Å². The molecule has 0 bridgehead atoms. The maximum absolute atomic E-state index is 8.44. The molecule has 0 atom stereocenters. The lowest BCUT2D eigenvalue weighted by molar-refractivity contribution is 0.355. The van der Waals surface area contributed by atoms with Crippen LogP contribution in [0, 0.1) is 5.41 Å². The summed E-state index contributed by atoms with van der Waals surface area (Å²) in [4.78, 5) is 4.73. The summed E-state index contributed by atoms with van der Waals surface area (Å²) in [5.41, 5.74) is 1.33. The van der Waals surface area contributed by atoms with Gasteiger partial charge in [0.15, 0.2) is 11.5 Å². The number of hydrogen-bond donors (Lipinski definition) is 1. The summed E-state index contributed by atoms with van der Waals surface area (Å²) in [6, 6.07) is 3.71. The number of methoxy groups -OCH3 is 2. The normalized spacial score (nSPS) is 14.7. The first-order chi connectivity index (χ1) is 9.74. The molecule has 0 radical (unpaired) electrons. The first kappa shape index (κ1) is 13.0. The van der Waals surface area contributed by atoms with E-state index in [1.807, 2.05) is 16.7 Å². The average molecular weight is 273 g/mol. The summed E-state index contributed by atoms with van der Waals surface area (Å²) < 4.78 is 12.7. The predicted molar refractivity (Wildman–Crippen MR) is 76.2 cm³/mol. The first-order valence-electron chi connectivity index (χ1n) is 6.94. The Morgan fingerprint density at radius 1 is 1.10 bits per heavy atom. The molecule has 0 spiro atoms. The van der Waals surface area contributed by atoms with Crippen LogP contribution in [0.25, 0.3) is 10.9 Å². The highest BCUT2D eigenvalue weighted by Crippen LogP contribution is 2.30. The van der Waals surface area contributed by atoms with E-state index in [-0.39, 0.29) is 0 Å². The number of aromatic nitrogens is 2. The van der Waals surface area contributed by atoms with E-state index in [1.165, 1.54) is 6.42 Å². The Morgan fingerprint density at radius 2 is 1.85 bits per heavy atom. The molecule has 20 heavy (non-hydrogen) atoms. The van der Waals surface area contributed by atoms with Crippen molar-refractivity contribution < 1.29 is 9.47 Å². The summed E-state index contributed by atoms with van der Waals surface area (Å²) in [5, 5.41) is 9.25. The first-order valence-corrected chi connectivity index (χ1v) is 6.94. The van der Waals surface area contributed by atoms with E-state index in [0.29, 0.717) is 17.0 Å². The van der Waals surface area contributed by atoms with Gasteiger partial charge in [0.1, 0.15) is 11.3 Å². The maximum atomic E-state index is 8.44. The highest BCUT2D eigenvalue weighted by molar-refractivity contribution is 5.81. The van der Waals surface area contributed by atoms with Crippen LogP contribution in [0.1, 0.15) is 25.1 Å². The molecule has 2 heterocycles. The van der Waals surface area contributed by atoms with Crippen LogP contribution in [0.2, 0.25) is 0 Å². The third-order valence-corrected chi connectivity index (χ3v) is 3.87. The molecule has 0 fully saturated rings. The van der Waals surface area contributed by atoms with E-state index in [9.17, 15) is 0 Å². The molecule has 1 aliphatic heterocycles. The Hall–Kier alpha value is -2.04. The number of fused-ring (bicyclic) bond motifs is 2. The van der Waals surface area contributed by atoms with Crippen LogP contribution in [-0.4, -0.2) is 23.8 Å². The van der Waals surface area contributed by atoms with Gasteiger partial charge in [-0.2, -0.15) is 0 Å². The second kappa shape index (κ2) is 5.15. The van der Waals surface area contributed by atoms with Gasteiger partial charge in [-0.1, -0.05) is 6.42 Å². The van der Waals surface area contributed by atoms with Crippen molar-refractivity contribution in [2.45, 2.75) is 32.2 Å². The lowest BCUT2D eigenvalue weighted by Crippen LogP contribution is -2.24. The van der Waals surface area contributed by atoms with Crippen molar-refractivity contribution in [1.82, 2.24) is 9.55 Å². The highest BCUT2D eigenvalue weighted by Gasteiger charge is 2.14. The second-order valence-corrected chi connectivity index (χ2v) is 5.06. The molecule has 1 N–H and O–H groups in total. The summed E-state index contributed by atoms with van der Waals surface area (Å²) in [6.07, 6.45) is 4.40. The number of benzene rings is 1. The lowest BCUT2D eigenvalue weighted by atomic mass is 10.2. The number of nitrogens with zero attached hydrogens (tertiary/aromatic N) is 2. The standard InChI is InChI=1S/C15H19N3O2/c1-19-12-8-10-11(9-13(12)20-2)17-14-6-4-3-5-7-18(14)15(10)16/h8-9,16H,3-7H2,1-2H3. The van der Waals surface area contributed by atoms with Crippen molar-refractivity contribution in [3.05, 3.63) is 23.4 Å². The highest BCUT2D eigenvalue weighted by atomic mass is 16.5. The Kier molecular flexibility index (Phi) is 3.34. The summed E-state index contributed by atoms with van der Waals surface area (Å²) in [6.45, 7) is 0.880. The monoisotopic (exact) mass is 273 g/mol. The number of rotatable bonds is 2. The fourth-order valence-corrected chi connectivity index (χ4v) is 2.79. The van der Waals surface area contributed by atoms with Gasteiger partial charge in [-0.05, 0) is 18.9 Å². The Labute approximate surface area is 117 Å². The Balaban J connectivity index is 2.29. The second-order valence-electron chi connectivity index (χ2n) is 5.06. The number of aryl methyl sites for hydroxylation is 1.